The minimum Gasteiger partial charge on any atom is -0.353 e. The quantitative estimate of drug-likeness (QED) is 0.618. The summed E-state index contributed by atoms with van der Waals surface area (Å²) in [7, 11) is 0. The Morgan fingerprint density at radius 2 is 1.84 bits per heavy atom. The van der Waals surface area contributed by atoms with Crippen LogP contribution in [0.25, 0.3) is 11.1 Å². The normalized spacial score (nSPS) is 16.5. The van der Waals surface area contributed by atoms with Crippen molar-refractivity contribution in [3.05, 3.63) is 84.4 Å². The molecular formula is C24H25N5O2. The van der Waals surface area contributed by atoms with E-state index in [0.29, 0.717) is 26.2 Å². The lowest BCUT2D eigenvalue weighted by molar-refractivity contribution is -0.134. The number of rotatable bonds is 7. The van der Waals surface area contributed by atoms with Gasteiger partial charge in [0.2, 0.25) is 11.8 Å². The Morgan fingerprint density at radius 3 is 2.58 bits per heavy atom. The molecule has 0 spiro atoms. The number of aromatic nitrogens is 2. The number of piperazine rings is 1. The molecule has 0 bridgehead atoms. The molecule has 31 heavy (non-hydrogen) atoms. The van der Waals surface area contributed by atoms with Crippen LogP contribution in [-0.2, 0) is 22.7 Å². The fourth-order valence-electron chi connectivity index (χ4n) is 3.70. The lowest BCUT2D eigenvalue weighted by atomic mass is 10.0. The topological polar surface area (TPSA) is 87.2 Å². The number of carbonyl (C=O) groups excluding carboxylic acids is 2. The van der Waals surface area contributed by atoms with Gasteiger partial charge in [-0.3, -0.25) is 14.5 Å². The first-order valence-corrected chi connectivity index (χ1v) is 10.4. The Kier molecular flexibility index (Phi) is 6.64. The van der Waals surface area contributed by atoms with Crippen molar-refractivity contribution in [2.24, 2.45) is 0 Å². The van der Waals surface area contributed by atoms with E-state index in [1.54, 1.807) is 12.3 Å². The molecule has 7 heteroatoms. The molecule has 3 aromatic rings. The second kappa shape index (κ2) is 9.95. The van der Waals surface area contributed by atoms with Crippen LogP contribution in [0.5, 0.6) is 0 Å². The van der Waals surface area contributed by atoms with Gasteiger partial charge in [-0.1, -0.05) is 54.6 Å². The highest BCUT2D eigenvalue weighted by atomic mass is 16.2. The van der Waals surface area contributed by atoms with Crippen LogP contribution in [0.1, 0.15) is 17.7 Å². The van der Waals surface area contributed by atoms with Gasteiger partial charge in [0, 0.05) is 25.8 Å². The zero-order valence-corrected chi connectivity index (χ0v) is 17.2. The first-order chi connectivity index (χ1) is 15.2. The first-order valence-electron chi connectivity index (χ1n) is 10.4. The molecule has 0 saturated carbocycles. The molecule has 2 heterocycles. The highest BCUT2D eigenvalue weighted by molar-refractivity contribution is 5.88. The number of carbonyl (C=O) groups is 2. The van der Waals surface area contributed by atoms with Gasteiger partial charge in [0.25, 0.3) is 0 Å². The molecule has 1 unspecified atom stereocenters. The number of amides is 2. The smallest absolute Gasteiger partial charge is 0.237 e. The van der Waals surface area contributed by atoms with E-state index in [1.165, 1.54) is 11.9 Å². The standard InChI is InChI=1S/C24H25N5O2/c30-23(27-15-21-10-11-25-17-28-21)14-22-24(31)26-12-13-29(22)16-18-6-8-20(9-7-18)19-4-2-1-3-5-19/h1-11,17,22H,12-16H2,(H,26,31)(H,27,30). The van der Waals surface area contributed by atoms with E-state index >= 15 is 0 Å². The van der Waals surface area contributed by atoms with E-state index in [1.807, 2.05) is 18.2 Å². The highest BCUT2D eigenvalue weighted by Crippen LogP contribution is 2.21. The summed E-state index contributed by atoms with van der Waals surface area (Å²) in [6.07, 6.45) is 3.19. The van der Waals surface area contributed by atoms with Gasteiger partial charge in [-0.15, -0.1) is 0 Å². The molecule has 158 valence electrons. The fourth-order valence-corrected chi connectivity index (χ4v) is 3.70. The Bertz CT molecular complexity index is 1010. The van der Waals surface area contributed by atoms with Gasteiger partial charge in [-0.2, -0.15) is 0 Å². The zero-order valence-electron chi connectivity index (χ0n) is 17.2. The molecule has 1 aliphatic rings. The summed E-state index contributed by atoms with van der Waals surface area (Å²) in [6.45, 7) is 2.22. The molecular weight excluding hydrogens is 390 g/mol. The van der Waals surface area contributed by atoms with Crippen molar-refractivity contribution in [1.82, 2.24) is 25.5 Å². The average molecular weight is 415 g/mol. The van der Waals surface area contributed by atoms with E-state index < -0.39 is 6.04 Å². The predicted octanol–water partition coefficient (Wildman–Crippen LogP) is 2.15. The maximum atomic E-state index is 12.5. The largest absolute Gasteiger partial charge is 0.353 e. The number of benzene rings is 2. The van der Waals surface area contributed by atoms with Crippen LogP contribution in [-0.4, -0.2) is 45.8 Å². The number of nitrogens with one attached hydrogen (secondary N) is 2. The molecule has 1 atom stereocenters. The Hall–Kier alpha value is -3.58. The summed E-state index contributed by atoms with van der Waals surface area (Å²) < 4.78 is 0. The van der Waals surface area contributed by atoms with E-state index in [4.69, 9.17) is 0 Å². The molecule has 0 aliphatic carbocycles. The molecule has 1 aliphatic heterocycles. The monoisotopic (exact) mass is 415 g/mol. The molecule has 1 saturated heterocycles. The Balaban J connectivity index is 1.38. The van der Waals surface area contributed by atoms with Crippen LogP contribution in [0.15, 0.2) is 73.2 Å². The van der Waals surface area contributed by atoms with Gasteiger partial charge in [0.15, 0.2) is 0 Å². The molecule has 1 aromatic heterocycles. The van der Waals surface area contributed by atoms with Gasteiger partial charge < -0.3 is 10.6 Å². The Morgan fingerprint density at radius 1 is 1.06 bits per heavy atom. The van der Waals surface area contributed by atoms with E-state index in [2.05, 4.69) is 61.9 Å². The fraction of sp³-hybridized carbons (Fsp3) is 0.250. The van der Waals surface area contributed by atoms with Gasteiger partial charge in [0.1, 0.15) is 6.33 Å². The molecule has 4 rings (SSSR count). The summed E-state index contributed by atoms with van der Waals surface area (Å²) >= 11 is 0. The van der Waals surface area contributed by atoms with E-state index in [9.17, 15) is 9.59 Å². The molecule has 7 nitrogen and oxygen atoms in total. The van der Waals surface area contributed by atoms with Crippen LogP contribution < -0.4 is 10.6 Å². The summed E-state index contributed by atoms with van der Waals surface area (Å²) in [5, 5.41) is 5.72. The summed E-state index contributed by atoms with van der Waals surface area (Å²) in [5.41, 5.74) is 4.17. The Labute approximate surface area is 181 Å². The second-order valence-electron chi connectivity index (χ2n) is 7.52. The number of hydrogen-bond acceptors (Lipinski definition) is 5. The summed E-state index contributed by atoms with van der Waals surface area (Å²) in [4.78, 5) is 35.0. The molecule has 1 fully saturated rings. The lowest BCUT2D eigenvalue weighted by Gasteiger charge is -2.34. The third kappa shape index (κ3) is 5.52. The van der Waals surface area contributed by atoms with Crippen molar-refractivity contribution < 1.29 is 9.59 Å². The first kappa shape index (κ1) is 20.7. The van der Waals surface area contributed by atoms with Crippen LogP contribution in [0.3, 0.4) is 0 Å². The van der Waals surface area contributed by atoms with Gasteiger partial charge in [-0.25, -0.2) is 9.97 Å². The minimum atomic E-state index is -0.493. The van der Waals surface area contributed by atoms with E-state index in [-0.39, 0.29) is 18.2 Å². The maximum Gasteiger partial charge on any atom is 0.237 e. The van der Waals surface area contributed by atoms with Crippen molar-refractivity contribution in [3.63, 3.8) is 0 Å². The highest BCUT2D eigenvalue weighted by Gasteiger charge is 2.31. The zero-order chi connectivity index (χ0) is 21.5. The van der Waals surface area contributed by atoms with Crippen molar-refractivity contribution in [1.29, 1.82) is 0 Å². The van der Waals surface area contributed by atoms with Crippen LogP contribution in [0.2, 0.25) is 0 Å². The van der Waals surface area contributed by atoms with E-state index in [0.717, 1.165) is 16.8 Å². The average Bonchev–Trinajstić information content (AvgIpc) is 2.82. The van der Waals surface area contributed by atoms with Gasteiger partial charge >= 0.3 is 0 Å². The summed E-state index contributed by atoms with van der Waals surface area (Å²) in [5.74, 6) is -0.283. The SMILES string of the molecule is O=C(CC1C(=O)NCCN1Cc1ccc(-c2ccccc2)cc1)NCc1ccncn1. The third-order valence-corrected chi connectivity index (χ3v) is 5.38. The predicted molar refractivity (Wildman–Crippen MR) is 118 cm³/mol. The van der Waals surface area contributed by atoms with Crippen molar-refractivity contribution in [2.45, 2.75) is 25.6 Å². The third-order valence-electron chi connectivity index (χ3n) is 5.38. The van der Waals surface area contributed by atoms with Gasteiger partial charge in [-0.05, 0) is 22.8 Å². The van der Waals surface area contributed by atoms with Gasteiger partial charge in [0.05, 0.1) is 24.7 Å². The molecule has 0 radical (unpaired) electrons. The number of nitrogens with zero attached hydrogens (tertiary/aromatic N) is 3. The van der Waals surface area contributed by atoms with Crippen LogP contribution >= 0.6 is 0 Å². The second-order valence-corrected chi connectivity index (χ2v) is 7.52. The summed E-state index contributed by atoms with van der Waals surface area (Å²) in [6, 6.07) is 19.8. The van der Waals surface area contributed by atoms with Crippen molar-refractivity contribution >= 4 is 11.8 Å². The molecule has 2 aromatic carbocycles. The number of hydrogen-bond donors (Lipinski definition) is 2. The van der Waals surface area contributed by atoms with Crippen LogP contribution in [0, 0.1) is 0 Å². The van der Waals surface area contributed by atoms with Crippen LogP contribution in [0.4, 0.5) is 0 Å². The molecule has 2 N–H and O–H groups in total. The van der Waals surface area contributed by atoms with Crippen molar-refractivity contribution in [3.8, 4) is 11.1 Å². The van der Waals surface area contributed by atoms with Crippen molar-refractivity contribution in [2.75, 3.05) is 13.1 Å². The maximum absolute atomic E-state index is 12.5. The minimum absolute atomic E-state index is 0.107. The lowest BCUT2D eigenvalue weighted by Crippen LogP contribution is -2.56. The molecule has 2 amide bonds.